The summed E-state index contributed by atoms with van der Waals surface area (Å²) in [6.45, 7) is 9.11. The number of hydrogen-bond acceptors (Lipinski definition) is 0. The Hall–Kier alpha value is 0.430. The van der Waals surface area contributed by atoms with Crippen molar-refractivity contribution in [1.29, 1.82) is 0 Å². The van der Waals surface area contributed by atoms with Crippen molar-refractivity contribution in [2.45, 2.75) is 46.2 Å². The molecule has 0 aliphatic carbocycles. The summed E-state index contributed by atoms with van der Waals surface area (Å²) >= 11 is 0. The number of rotatable bonds is 2. The fourth-order valence-electron chi connectivity index (χ4n) is 0.744. The highest BCUT2D eigenvalue weighted by Crippen LogP contribution is 2.29. The first-order valence-corrected chi connectivity index (χ1v) is 4.40. The summed E-state index contributed by atoms with van der Waals surface area (Å²) in [5.74, 6) is 0. The van der Waals surface area contributed by atoms with Crippen molar-refractivity contribution in [2.24, 2.45) is 5.41 Å². The van der Waals surface area contributed by atoms with E-state index >= 15 is 0 Å². The molecule has 2 atom stereocenters. The zero-order chi connectivity index (χ0) is 7.49. The van der Waals surface area contributed by atoms with Gasteiger partial charge in [0.1, 0.15) is 0 Å². The lowest BCUT2D eigenvalue weighted by Gasteiger charge is -2.26. The van der Waals surface area contributed by atoms with Gasteiger partial charge in [-0.2, -0.15) is 0 Å². The van der Waals surface area contributed by atoms with E-state index < -0.39 is 0 Å². The van der Waals surface area contributed by atoms with Crippen LogP contribution in [0.15, 0.2) is 0 Å². The van der Waals surface area contributed by atoms with Gasteiger partial charge in [-0.3, -0.25) is 0 Å². The monoisotopic (exact) mass is 146 g/mol. The Morgan fingerprint density at radius 3 is 1.89 bits per heavy atom. The third-order valence-corrected chi connectivity index (χ3v) is 3.05. The molecular formula is C8H19P. The van der Waals surface area contributed by atoms with Crippen molar-refractivity contribution in [3.63, 3.8) is 0 Å². The molecule has 0 amide bonds. The summed E-state index contributed by atoms with van der Waals surface area (Å²) in [6.07, 6.45) is 2.62. The third-order valence-electron chi connectivity index (χ3n) is 1.71. The van der Waals surface area contributed by atoms with Gasteiger partial charge >= 0.3 is 0 Å². The average Bonchev–Trinajstić information content (AvgIpc) is 1.64. The molecule has 0 rings (SSSR count). The summed E-state index contributed by atoms with van der Waals surface area (Å²) < 4.78 is 0. The zero-order valence-corrected chi connectivity index (χ0v) is 8.22. The lowest BCUT2D eigenvalue weighted by molar-refractivity contribution is 0.377. The van der Waals surface area contributed by atoms with Crippen molar-refractivity contribution in [2.75, 3.05) is 0 Å². The highest BCUT2D eigenvalue weighted by molar-refractivity contribution is 7.17. The van der Waals surface area contributed by atoms with E-state index in [4.69, 9.17) is 0 Å². The molecule has 0 N–H and O–H groups in total. The van der Waals surface area contributed by atoms with E-state index in [1.165, 1.54) is 12.8 Å². The van der Waals surface area contributed by atoms with Crippen molar-refractivity contribution < 1.29 is 0 Å². The van der Waals surface area contributed by atoms with Gasteiger partial charge in [0.15, 0.2) is 0 Å². The van der Waals surface area contributed by atoms with E-state index in [0.29, 0.717) is 5.41 Å². The Morgan fingerprint density at radius 2 is 1.78 bits per heavy atom. The minimum absolute atomic E-state index is 0.473. The second kappa shape index (κ2) is 3.56. The van der Waals surface area contributed by atoms with Gasteiger partial charge in [-0.1, -0.05) is 34.1 Å². The van der Waals surface area contributed by atoms with Gasteiger partial charge in [-0.15, -0.1) is 9.24 Å². The molecule has 56 valence electrons. The fraction of sp³-hybridized carbons (Fsp3) is 1.00. The van der Waals surface area contributed by atoms with E-state index in [2.05, 4.69) is 36.9 Å². The van der Waals surface area contributed by atoms with E-state index in [1.54, 1.807) is 0 Å². The van der Waals surface area contributed by atoms with Crippen molar-refractivity contribution >= 4 is 9.24 Å². The molecule has 0 heterocycles. The van der Waals surface area contributed by atoms with Gasteiger partial charge in [-0.25, -0.2) is 0 Å². The van der Waals surface area contributed by atoms with E-state index in [1.807, 2.05) is 0 Å². The second-order valence-corrected chi connectivity index (χ2v) is 4.57. The van der Waals surface area contributed by atoms with Crippen LogP contribution in [0.1, 0.15) is 40.5 Å². The summed E-state index contributed by atoms with van der Waals surface area (Å²) in [7, 11) is 2.92. The van der Waals surface area contributed by atoms with E-state index in [0.717, 1.165) is 5.66 Å². The molecule has 0 fully saturated rings. The maximum absolute atomic E-state index is 2.92. The lowest BCUT2D eigenvalue weighted by atomic mass is 9.89. The molecule has 0 aromatic carbocycles. The highest BCUT2D eigenvalue weighted by atomic mass is 31.0. The van der Waals surface area contributed by atoms with Gasteiger partial charge in [0, 0.05) is 0 Å². The van der Waals surface area contributed by atoms with Crippen molar-refractivity contribution in [3.05, 3.63) is 0 Å². The molecule has 2 unspecified atom stereocenters. The van der Waals surface area contributed by atoms with Gasteiger partial charge in [0.25, 0.3) is 0 Å². The van der Waals surface area contributed by atoms with Crippen LogP contribution >= 0.6 is 9.24 Å². The maximum atomic E-state index is 2.92. The minimum atomic E-state index is 0.473. The maximum Gasteiger partial charge on any atom is -0.0216 e. The number of hydrogen-bond donors (Lipinski definition) is 0. The van der Waals surface area contributed by atoms with E-state index in [-0.39, 0.29) is 0 Å². The quantitative estimate of drug-likeness (QED) is 0.525. The highest BCUT2D eigenvalue weighted by Gasteiger charge is 2.18. The van der Waals surface area contributed by atoms with Crippen LogP contribution in [0.2, 0.25) is 0 Å². The first-order chi connectivity index (χ1) is 3.98. The molecule has 0 saturated heterocycles. The molecule has 0 radical (unpaired) electrons. The van der Waals surface area contributed by atoms with Gasteiger partial charge in [0.2, 0.25) is 0 Å². The fourth-order valence-corrected chi connectivity index (χ4v) is 1.08. The smallest absolute Gasteiger partial charge is 0.0216 e. The Bertz CT molecular complexity index is 71.1. The van der Waals surface area contributed by atoms with Gasteiger partial charge in [-0.05, 0) is 17.5 Å². The average molecular weight is 146 g/mol. The third kappa shape index (κ3) is 3.92. The molecule has 0 spiro atoms. The van der Waals surface area contributed by atoms with Crippen LogP contribution < -0.4 is 0 Å². The Balaban J connectivity index is 3.59. The predicted molar refractivity (Wildman–Crippen MR) is 47.9 cm³/mol. The SMILES string of the molecule is CCCC(P)C(C)(C)C. The van der Waals surface area contributed by atoms with Gasteiger partial charge < -0.3 is 0 Å². The lowest BCUT2D eigenvalue weighted by Crippen LogP contribution is -2.19. The van der Waals surface area contributed by atoms with Crippen LogP contribution in [0.5, 0.6) is 0 Å². The van der Waals surface area contributed by atoms with Gasteiger partial charge in [0.05, 0.1) is 0 Å². The second-order valence-electron chi connectivity index (χ2n) is 3.76. The van der Waals surface area contributed by atoms with Crippen LogP contribution in [0, 0.1) is 5.41 Å². The van der Waals surface area contributed by atoms with Crippen LogP contribution in [0.3, 0.4) is 0 Å². The predicted octanol–water partition coefficient (Wildman–Crippen LogP) is 3.08. The largest absolute Gasteiger partial charge is 0.134 e. The first-order valence-electron chi connectivity index (χ1n) is 3.74. The molecule has 0 aromatic heterocycles. The summed E-state index contributed by atoms with van der Waals surface area (Å²) in [5, 5.41) is 0. The van der Waals surface area contributed by atoms with Crippen LogP contribution in [-0.4, -0.2) is 5.66 Å². The van der Waals surface area contributed by atoms with Crippen molar-refractivity contribution in [1.82, 2.24) is 0 Å². The van der Waals surface area contributed by atoms with Crippen LogP contribution in [-0.2, 0) is 0 Å². The molecule has 0 aliphatic heterocycles. The molecule has 0 aromatic rings. The Morgan fingerprint density at radius 1 is 1.33 bits per heavy atom. The first kappa shape index (κ1) is 9.43. The van der Waals surface area contributed by atoms with Crippen molar-refractivity contribution in [3.8, 4) is 0 Å². The summed E-state index contributed by atoms with van der Waals surface area (Å²) in [6, 6.07) is 0. The molecule has 0 nitrogen and oxygen atoms in total. The Labute approximate surface area is 61.6 Å². The van der Waals surface area contributed by atoms with E-state index in [9.17, 15) is 0 Å². The Kier molecular flexibility index (Phi) is 3.73. The molecule has 0 aliphatic rings. The molecule has 0 saturated carbocycles. The topological polar surface area (TPSA) is 0 Å². The van der Waals surface area contributed by atoms with Crippen LogP contribution in [0.25, 0.3) is 0 Å². The molecule has 1 heteroatoms. The van der Waals surface area contributed by atoms with Crippen LogP contribution in [0.4, 0.5) is 0 Å². The summed E-state index contributed by atoms with van der Waals surface area (Å²) in [4.78, 5) is 0. The zero-order valence-electron chi connectivity index (χ0n) is 7.07. The molecular weight excluding hydrogens is 127 g/mol. The molecule has 0 bridgehead atoms. The summed E-state index contributed by atoms with van der Waals surface area (Å²) in [5.41, 5.74) is 1.25. The minimum Gasteiger partial charge on any atom is -0.134 e. The normalized spacial score (nSPS) is 15.7. The standard InChI is InChI=1S/C8H19P/c1-5-6-7(9)8(2,3)4/h7H,5-6,9H2,1-4H3. The molecule has 9 heavy (non-hydrogen) atoms.